The fraction of sp³-hybridized carbons (Fsp3) is 1.00. The van der Waals surface area contributed by atoms with E-state index in [1.54, 1.807) is 0 Å². The van der Waals surface area contributed by atoms with E-state index in [4.69, 9.17) is 5.11 Å². The van der Waals surface area contributed by atoms with E-state index in [-0.39, 0.29) is 0 Å². The molecular formula is C12H27NO. The molecule has 2 N–H and O–H groups in total. The molecule has 2 unspecified atom stereocenters. The lowest BCUT2D eigenvalue weighted by Gasteiger charge is -2.18. The maximum absolute atomic E-state index is 8.07. The molecule has 86 valence electrons. The van der Waals surface area contributed by atoms with E-state index in [1.165, 1.54) is 12.8 Å². The summed E-state index contributed by atoms with van der Waals surface area (Å²) in [6, 6.07) is 0.782. The van der Waals surface area contributed by atoms with Crippen LogP contribution in [0.3, 0.4) is 0 Å². The summed E-state index contributed by atoms with van der Waals surface area (Å²) in [6.45, 7) is 7.07. The first kappa shape index (κ1) is 13.9. The van der Waals surface area contributed by atoms with Gasteiger partial charge in [0.25, 0.3) is 0 Å². The lowest BCUT2D eigenvalue weighted by atomic mass is 10.0. The van der Waals surface area contributed by atoms with Crippen molar-refractivity contribution >= 4 is 0 Å². The molecule has 0 amide bonds. The standard InChI is InChI=1S/C8H17N.C4H10O/c1-6-4-5-7(2)8(6)9-3;1-2-3-4-5/h6-9H,4-5H2,1-3H3;5H,2-4H2,1H3. The molecule has 0 heterocycles. The molecule has 0 radical (unpaired) electrons. The number of rotatable bonds is 3. The molecule has 0 spiro atoms. The molecule has 2 atom stereocenters. The van der Waals surface area contributed by atoms with E-state index < -0.39 is 0 Å². The number of hydrogen-bond acceptors (Lipinski definition) is 2. The number of nitrogens with one attached hydrogen (secondary N) is 1. The van der Waals surface area contributed by atoms with Crippen molar-refractivity contribution in [3.63, 3.8) is 0 Å². The van der Waals surface area contributed by atoms with E-state index >= 15 is 0 Å². The Bertz CT molecular complexity index is 115. The Hall–Kier alpha value is -0.0800. The van der Waals surface area contributed by atoms with Crippen molar-refractivity contribution in [3.8, 4) is 0 Å². The Morgan fingerprint density at radius 3 is 1.86 bits per heavy atom. The summed E-state index contributed by atoms with van der Waals surface area (Å²) >= 11 is 0. The van der Waals surface area contributed by atoms with Crippen LogP contribution in [0.2, 0.25) is 0 Å². The third-order valence-corrected chi connectivity index (χ3v) is 3.15. The highest BCUT2D eigenvalue weighted by Crippen LogP contribution is 2.29. The van der Waals surface area contributed by atoms with Crippen LogP contribution in [0, 0.1) is 11.8 Å². The molecule has 2 nitrogen and oxygen atoms in total. The molecule has 0 aromatic heterocycles. The Morgan fingerprint density at radius 2 is 1.71 bits per heavy atom. The molecule has 14 heavy (non-hydrogen) atoms. The predicted molar refractivity (Wildman–Crippen MR) is 62.4 cm³/mol. The van der Waals surface area contributed by atoms with Crippen LogP contribution in [0.15, 0.2) is 0 Å². The number of aliphatic hydroxyl groups excluding tert-OH is 1. The lowest BCUT2D eigenvalue weighted by molar-refractivity contribution is 0.287. The number of aliphatic hydroxyl groups is 1. The van der Waals surface area contributed by atoms with Gasteiger partial charge < -0.3 is 10.4 Å². The van der Waals surface area contributed by atoms with Crippen molar-refractivity contribution in [1.29, 1.82) is 0 Å². The maximum atomic E-state index is 8.07. The molecule has 1 saturated carbocycles. The summed E-state index contributed by atoms with van der Waals surface area (Å²) in [5, 5.41) is 11.4. The third kappa shape index (κ3) is 4.97. The van der Waals surface area contributed by atoms with Crippen LogP contribution < -0.4 is 5.32 Å². The zero-order valence-electron chi connectivity index (χ0n) is 10.2. The summed E-state index contributed by atoms with van der Waals surface area (Å²) in [5.41, 5.74) is 0. The smallest absolute Gasteiger partial charge is 0.0430 e. The summed E-state index contributed by atoms with van der Waals surface area (Å²) in [6.07, 6.45) is 4.86. The molecular weight excluding hydrogens is 174 g/mol. The third-order valence-electron chi connectivity index (χ3n) is 3.15. The van der Waals surface area contributed by atoms with Gasteiger partial charge in [0.2, 0.25) is 0 Å². The maximum Gasteiger partial charge on any atom is 0.0430 e. The summed E-state index contributed by atoms with van der Waals surface area (Å²) in [7, 11) is 2.07. The SMILES string of the molecule is CCCCO.CNC1C(C)CCC1C. The number of hydrogen-bond donors (Lipinski definition) is 2. The monoisotopic (exact) mass is 201 g/mol. The molecule has 0 aromatic rings. The molecule has 1 aliphatic carbocycles. The second kappa shape index (κ2) is 8.25. The minimum Gasteiger partial charge on any atom is -0.396 e. The van der Waals surface area contributed by atoms with Gasteiger partial charge in [-0.15, -0.1) is 0 Å². The second-order valence-corrected chi connectivity index (χ2v) is 4.42. The van der Waals surface area contributed by atoms with E-state index in [9.17, 15) is 0 Å². The van der Waals surface area contributed by atoms with Gasteiger partial charge in [0.05, 0.1) is 0 Å². The summed E-state index contributed by atoms with van der Waals surface area (Å²) in [4.78, 5) is 0. The van der Waals surface area contributed by atoms with Gasteiger partial charge in [0.1, 0.15) is 0 Å². The van der Waals surface area contributed by atoms with Crippen LogP contribution in [-0.4, -0.2) is 24.8 Å². The van der Waals surface area contributed by atoms with Gasteiger partial charge in [-0.25, -0.2) is 0 Å². The molecule has 1 aliphatic rings. The Morgan fingerprint density at radius 1 is 1.21 bits per heavy atom. The topological polar surface area (TPSA) is 32.3 Å². The van der Waals surface area contributed by atoms with E-state index in [2.05, 4.69) is 33.1 Å². The Balaban J connectivity index is 0.000000292. The highest BCUT2D eigenvalue weighted by molar-refractivity contribution is 4.84. The molecule has 0 saturated heterocycles. The first-order valence-corrected chi connectivity index (χ1v) is 5.95. The van der Waals surface area contributed by atoms with E-state index in [0.29, 0.717) is 6.61 Å². The average Bonchev–Trinajstić information content (AvgIpc) is 2.48. The van der Waals surface area contributed by atoms with E-state index in [0.717, 1.165) is 30.7 Å². The van der Waals surface area contributed by atoms with Crippen molar-refractivity contribution in [2.75, 3.05) is 13.7 Å². The zero-order chi connectivity index (χ0) is 11.0. The van der Waals surface area contributed by atoms with Crippen LogP contribution in [0.4, 0.5) is 0 Å². The minimum absolute atomic E-state index is 0.344. The van der Waals surface area contributed by atoms with Crippen molar-refractivity contribution in [1.82, 2.24) is 5.32 Å². The lowest BCUT2D eigenvalue weighted by Crippen LogP contribution is -2.32. The van der Waals surface area contributed by atoms with Gasteiger partial charge in [0, 0.05) is 12.6 Å². The Labute approximate surface area is 89.1 Å². The minimum atomic E-state index is 0.344. The molecule has 0 aliphatic heterocycles. The van der Waals surface area contributed by atoms with Crippen LogP contribution in [-0.2, 0) is 0 Å². The van der Waals surface area contributed by atoms with Gasteiger partial charge in [-0.2, -0.15) is 0 Å². The van der Waals surface area contributed by atoms with Crippen LogP contribution >= 0.6 is 0 Å². The molecule has 2 heteroatoms. The van der Waals surface area contributed by atoms with Crippen molar-refractivity contribution in [2.45, 2.75) is 52.5 Å². The molecule has 0 aromatic carbocycles. The summed E-state index contributed by atoms with van der Waals surface area (Å²) < 4.78 is 0. The average molecular weight is 201 g/mol. The zero-order valence-corrected chi connectivity index (χ0v) is 10.2. The van der Waals surface area contributed by atoms with Gasteiger partial charge in [-0.1, -0.05) is 27.2 Å². The van der Waals surface area contributed by atoms with Crippen LogP contribution in [0.1, 0.15) is 46.5 Å². The fourth-order valence-corrected chi connectivity index (χ4v) is 2.17. The second-order valence-electron chi connectivity index (χ2n) is 4.42. The van der Waals surface area contributed by atoms with Crippen molar-refractivity contribution in [3.05, 3.63) is 0 Å². The highest BCUT2D eigenvalue weighted by atomic mass is 16.2. The van der Waals surface area contributed by atoms with Gasteiger partial charge in [0.15, 0.2) is 0 Å². The van der Waals surface area contributed by atoms with Crippen LogP contribution in [0.25, 0.3) is 0 Å². The van der Waals surface area contributed by atoms with Crippen molar-refractivity contribution in [2.24, 2.45) is 11.8 Å². The number of unbranched alkanes of at least 4 members (excludes halogenated alkanes) is 1. The van der Waals surface area contributed by atoms with Gasteiger partial charge in [-0.3, -0.25) is 0 Å². The van der Waals surface area contributed by atoms with Gasteiger partial charge in [-0.05, 0) is 38.1 Å². The largest absolute Gasteiger partial charge is 0.396 e. The first-order valence-electron chi connectivity index (χ1n) is 5.95. The first-order chi connectivity index (χ1) is 6.67. The molecule has 1 fully saturated rings. The summed E-state index contributed by atoms with van der Waals surface area (Å²) in [5.74, 6) is 1.79. The quantitative estimate of drug-likeness (QED) is 0.735. The Kier molecular flexibility index (Phi) is 8.20. The van der Waals surface area contributed by atoms with E-state index in [1.807, 2.05) is 0 Å². The van der Waals surface area contributed by atoms with Crippen molar-refractivity contribution < 1.29 is 5.11 Å². The normalized spacial score (nSPS) is 31.1. The van der Waals surface area contributed by atoms with Gasteiger partial charge >= 0.3 is 0 Å². The molecule has 0 bridgehead atoms. The van der Waals surface area contributed by atoms with Crippen LogP contribution in [0.5, 0.6) is 0 Å². The predicted octanol–water partition coefficient (Wildman–Crippen LogP) is 2.42. The molecule has 1 rings (SSSR count). The fourth-order valence-electron chi connectivity index (χ4n) is 2.17. The highest BCUT2D eigenvalue weighted by Gasteiger charge is 2.28.